The minimum atomic E-state index is -0.504. The molecule has 5 nitrogen and oxygen atoms in total. The maximum absolute atomic E-state index is 12.8. The fourth-order valence-corrected chi connectivity index (χ4v) is 2.74. The second kappa shape index (κ2) is 7.74. The molecule has 2 amide bonds. The molecular weight excluding hydrogens is 338 g/mol. The predicted octanol–water partition coefficient (Wildman–Crippen LogP) is 4.40. The van der Waals surface area contributed by atoms with Crippen LogP contribution >= 0.6 is 0 Å². The number of benzene rings is 3. The summed E-state index contributed by atoms with van der Waals surface area (Å²) in [5.74, 6) is -0.744. The lowest BCUT2D eigenvalue weighted by Gasteiger charge is -2.15. The lowest BCUT2D eigenvalue weighted by molar-refractivity contribution is 0.0998. The zero-order valence-electron chi connectivity index (χ0n) is 15.2. The molecule has 0 atom stereocenters. The van der Waals surface area contributed by atoms with Crippen LogP contribution in [-0.2, 0) is 0 Å². The van der Waals surface area contributed by atoms with Crippen molar-refractivity contribution in [1.29, 1.82) is 0 Å². The zero-order valence-corrected chi connectivity index (χ0v) is 15.2. The SMILES string of the molecule is Cc1cccc(Nc2ccccc2C(=O)Nc2ccc(C(N)=O)cc2)c1C. The molecular formula is C22H21N3O2. The summed E-state index contributed by atoms with van der Waals surface area (Å²) in [7, 11) is 0. The van der Waals surface area contributed by atoms with E-state index in [1.165, 1.54) is 5.56 Å². The largest absolute Gasteiger partial charge is 0.366 e. The summed E-state index contributed by atoms with van der Waals surface area (Å²) >= 11 is 0. The molecule has 27 heavy (non-hydrogen) atoms. The van der Waals surface area contributed by atoms with Gasteiger partial charge in [0, 0.05) is 16.9 Å². The van der Waals surface area contributed by atoms with Crippen LogP contribution in [0.4, 0.5) is 17.1 Å². The monoisotopic (exact) mass is 359 g/mol. The van der Waals surface area contributed by atoms with E-state index in [-0.39, 0.29) is 5.91 Å². The molecule has 3 aromatic carbocycles. The molecule has 0 aliphatic heterocycles. The molecule has 0 saturated heterocycles. The highest BCUT2D eigenvalue weighted by atomic mass is 16.2. The van der Waals surface area contributed by atoms with Gasteiger partial charge in [0.25, 0.3) is 5.91 Å². The maximum Gasteiger partial charge on any atom is 0.257 e. The van der Waals surface area contributed by atoms with Crippen LogP contribution in [0, 0.1) is 13.8 Å². The number of aryl methyl sites for hydroxylation is 1. The smallest absolute Gasteiger partial charge is 0.257 e. The molecule has 3 aromatic rings. The van der Waals surface area contributed by atoms with E-state index in [9.17, 15) is 9.59 Å². The predicted molar refractivity (Wildman–Crippen MR) is 109 cm³/mol. The molecule has 0 spiro atoms. The molecule has 3 rings (SSSR count). The molecule has 5 heteroatoms. The van der Waals surface area contributed by atoms with E-state index in [2.05, 4.69) is 23.6 Å². The lowest BCUT2D eigenvalue weighted by Crippen LogP contribution is -2.15. The van der Waals surface area contributed by atoms with E-state index in [1.807, 2.05) is 37.3 Å². The number of nitrogens with two attached hydrogens (primary N) is 1. The number of anilines is 3. The molecule has 0 fully saturated rings. The number of hydrogen-bond acceptors (Lipinski definition) is 3. The van der Waals surface area contributed by atoms with Crippen molar-refractivity contribution in [2.45, 2.75) is 13.8 Å². The molecule has 0 radical (unpaired) electrons. The Morgan fingerprint density at radius 3 is 2.19 bits per heavy atom. The minimum absolute atomic E-state index is 0.241. The number of nitrogens with one attached hydrogen (secondary N) is 2. The zero-order chi connectivity index (χ0) is 19.4. The number of amides is 2. The van der Waals surface area contributed by atoms with Crippen LogP contribution in [0.2, 0.25) is 0 Å². The summed E-state index contributed by atoms with van der Waals surface area (Å²) in [6.07, 6.45) is 0. The number of carbonyl (C=O) groups excluding carboxylic acids is 2. The van der Waals surface area contributed by atoms with E-state index in [0.717, 1.165) is 16.9 Å². The minimum Gasteiger partial charge on any atom is -0.366 e. The van der Waals surface area contributed by atoms with Crippen molar-refractivity contribution in [3.63, 3.8) is 0 Å². The molecule has 0 aliphatic carbocycles. The van der Waals surface area contributed by atoms with Crippen molar-refractivity contribution in [2.24, 2.45) is 5.73 Å². The van der Waals surface area contributed by atoms with Crippen LogP contribution in [0.15, 0.2) is 66.7 Å². The van der Waals surface area contributed by atoms with Crippen LogP contribution < -0.4 is 16.4 Å². The highest BCUT2D eigenvalue weighted by Gasteiger charge is 2.13. The maximum atomic E-state index is 12.8. The van der Waals surface area contributed by atoms with Crippen LogP contribution in [0.25, 0.3) is 0 Å². The molecule has 0 aliphatic rings. The first kappa shape index (κ1) is 18.2. The Kier molecular flexibility index (Phi) is 5.22. The van der Waals surface area contributed by atoms with Crippen molar-refractivity contribution in [1.82, 2.24) is 0 Å². The summed E-state index contributed by atoms with van der Waals surface area (Å²) in [5, 5.41) is 6.20. The standard InChI is InChI=1S/C22H21N3O2/c1-14-6-5-9-19(15(14)2)25-20-8-4-3-7-18(20)22(27)24-17-12-10-16(11-13-17)21(23)26/h3-13,25H,1-2H3,(H2,23,26)(H,24,27). The van der Waals surface area contributed by atoms with Gasteiger partial charge in [-0.05, 0) is 67.4 Å². The molecule has 0 bridgehead atoms. The molecule has 0 aromatic heterocycles. The number of primary amides is 1. The lowest BCUT2D eigenvalue weighted by atomic mass is 10.1. The third-order valence-corrected chi connectivity index (χ3v) is 4.47. The third-order valence-electron chi connectivity index (χ3n) is 4.47. The molecule has 0 unspecified atom stereocenters. The van der Waals surface area contributed by atoms with Crippen molar-refractivity contribution < 1.29 is 9.59 Å². The Labute approximate surface area is 158 Å². The highest BCUT2D eigenvalue weighted by molar-refractivity contribution is 6.08. The Bertz CT molecular complexity index is 995. The fourth-order valence-electron chi connectivity index (χ4n) is 2.74. The molecule has 0 saturated carbocycles. The average molecular weight is 359 g/mol. The first-order valence-electron chi connectivity index (χ1n) is 8.59. The first-order valence-corrected chi connectivity index (χ1v) is 8.59. The number of carbonyl (C=O) groups is 2. The molecule has 4 N–H and O–H groups in total. The van der Waals surface area contributed by atoms with E-state index < -0.39 is 5.91 Å². The fraction of sp³-hybridized carbons (Fsp3) is 0.0909. The summed E-state index contributed by atoms with van der Waals surface area (Å²) < 4.78 is 0. The van der Waals surface area contributed by atoms with Gasteiger partial charge in [-0.3, -0.25) is 9.59 Å². The van der Waals surface area contributed by atoms with Crippen molar-refractivity contribution in [2.75, 3.05) is 10.6 Å². The normalized spacial score (nSPS) is 10.3. The molecule has 0 heterocycles. The van der Waals surface area contributed by atoms with Gasteiger partial charge in [0.05, 0.1) is 11.3 Å². The second-order valence-electron chi connectivity index (χ2n) is 6.31. The Morgan fingerprint density at radius 2 is 1.48 bits per heavy atom. The van der Waals surface area contributed by atoms with Crippen molar-refractivity contribution >= 4 is 28.9 Å². The average Bonchev–Trinajstić information content (AvgIpc) is 2.66. The van der Waals surface area contributed by atoms with Gasteiger partial charge in [-0.2, -0.15) is 0 Å². The highest BCUT2D eigenvalue weighted by Crippen LogP contribution is 2.26. The van der Waals surface area contributed by atoms with Gasteiger partial charge in [-0.15, -0.1) is 0 Å². The Balaban J connectivity index is 1.83. The Morgan fingerprint density at radius 1 is 0.815 bits per heavy atom. The van der Waals surface area contributed by atoms with Crippen molar-refractivity contribution in [3.8, 4) is 0 Å². The van der Waals surface area contributed by atoms with E-state index in [1.54, 1.807) is 30.3 Å². The quantitative estimate of drug-likeness (QED) is 0.631. The number of para-hydroxylation sites is 1. The van der Waals surface area contributed by atoms with E-state index >= 15 is 0 Å². The van der Waals surface area contributed by atoms with Crippen LogP contribution in [-0.4, -0.2) is 11.8 Å². The van der Waals surface area contributed by atoms with Gasteiger partial charge in [0.2, 0.25) is 5.91 Å². The summed E-state index contributed by atoms with van der Waals surface area (Å²) in [6, 6.07) is 19.8. The topological polar surface area (TPSA) is 84.2 Å². The van der Waals surface area contributed by atoms with Gasteiger partial charge in [0.15, 0.2) is 0 Å². The summed E-state index contributed by atoms with van der Waals surface area (Å²) in [4.78, 5) is 23.9. The first-order chi connectivity index (χ1) is 13.0. The number of rotatable bonds is 5. The van der Waals surface area contributed by atoms with Gasteiger partial charge in [-0.1, -0.05) is 24.3 Å². The van der Waals surface area contributed by atoms with E-state index in [4.69, 9.17) is 5.73 Å². The van der Waals surface area contributed by atoms with E-state index in [0.29, 0.717) is 16.8 Å². The third kappa shape index (κ3) is 4.15. The van der Waals surface area contributed by atoms with Crippen molar-refractivity contribution in [3.05, 3.63) is 89.0 Å². The van der Waals surface area contributed by atoms with Crippen LogP contribution in [0.3, 0.4) is 0 Å². The molecule has 136 valence electrons. The summed E-state index contributed by atoms with van der Waals surface area (Å²) in [5.41, 5.74) is 10.7. The van der Waals surface area contributed by atoms with Gasteiger partial charge in [0.1, 0.15) is 0 Å². The van der Waals surface area contributed by atoms with Gasteiger partial charge in [-0.25, -0.2) is 0 Å². The second-order valence-corrected chi connectivity index (χ2v) is 6.31. The number of hydrogen-bond donors (Lipinski definition) is 3. The van der Waals surface area contributed by atoms with Gasteiger partial charge < -0.3 is 16.4 Å². The van der Waals surface area contributed by atoms with Crippen LogP contribution in [0.1, 0.15) is 31.8 Å². The Hall–Kier alpha value is -3.60. The van der Waals surface area contributed by atoms with Gasteiger partial charge >= 0.3 is 0 Å². The van der Waals surface area contributed by atoms with Crippen LogP contribution in [0.5, 0.6) is 0 Å². The summed E-state index contributed by atoms with van der Waals surface area (Å²) in [6.45, 7) is 4.09.